The maximum atomic E-state index is 8.59. The zero-order chi connectivity index (χ0) is 22.5. The first-order valence-electron chi connectivity index (χ1n) is 3.33. The summed E-state index contributed by atoms with van der Waals surface area (Å²) in [5.74, 6) is 0. The molecule has 29 heavy (non-hydrogen) atoms. The summed E-state index contributed by atoms with van der Waals surface area (Å²) in [5, 5.41) is 0. The van der Waals surface area contributed by atoms with E-state index < -0.39 is 68.1 Å². The van der Waals surface area contributed by atoms with E-state index in [1.165, 1.54) is 0 Å². The van der Waals surface area contributed by atoms with Crippen LogP contribution in [0.3, 0.4) is 0 Å². The third-order valence-corrected chi connectivity index (χ3v) is 0. The molecule has 0 aliphatic rings. The van der Waals surface area contributed by atoms with Crippen LogP contribution in [0.4, 0.5) is 0 Å². The second kappa shape index (κ2) is 26.7. The Bertz CT molecular complexity index is 629. The first-order chi connectivity index (χ1) is 10.0. The van der Waals surface area contributed by atoms with Gasteiger partial charge in [0.15, 0.2) is 0 Å². The van der Waals surface area contributed by atoms with E-state index in [0.29, 0.717) is 0 Å². The molecule has 29 heteroatoms. The minimum absolute atomic E-state index is 0. The summed E-state index contributed by atoms with van der Waals surface area (Å²) in [6.07, 6.45) is 0. The van der Waals surface area contributed by atoms with Crippen molar-refractivity contribution in [2.75, 3.05) is 0 Å². The van der Waals surface area contributed by atoms with Crippen molar-refractivity contribution < 1.29 is 265 Å². The molecule has 0 aromatic rings. The molecule has 0 saturated carbocycles. The Hall–Kier alpha value is 4.05. The van der Waals surface area contributed by atoms with E-state index in [9.17, 15) is 0 Å². The summed E-state index contributed by atoms with van der Waals surface area (Å²) >= 11 is -28.8. The molecule has 0 aliphatic carbocycles. The topological polar surface area (TPSA) is 401 Å². The summed E-state index contributed by atoms with van der Waals surface area (Å²) < 4.78 is 172. The maximum absolute atomic E-state index is 8.59. The Morgan fingerprint density at radius 1 is 0.276 bits per heavy atom. The molecule has 0 bridgehead atoms. The van der Waals surface area contributed by atoms with Crippen LogP contribution in [0.25, 0.3) is 0 Å². The number of hydrogen-bond donors (Lipinski definition) is 0. The van der Waals surface area contributed by atoms with Gasteiger partial charge in [-0.05, 0) is 0 Å². The predicted molar refractivity (Wildman–Crippen MR) is 6.86 cm³/mol. The van der Waals surface area contributed by atoms with Crippen molar-refractivity contribution in [1.29, 1.82) is 0 Å². The molecule has 0 saturated heterocycles. The Morgan fingerprint density at radius 3 is 0.276 bits per heavy atom. The van der Waals surface area contributed by atoms with E-state index in [4.69, 9.17) is 79.6 Å². The second-order valence-electron chi connectivity index (χ2n) is 2.04. The standard InChI is InChI=1S/2Ce.5Cr.2Mn.20O/q2*+3;;;;;;2*+2;;;;;;;;;;;10*-1. The van der Waals surface area contributed by atoms with Gasteiger partial charge in [0.1, 0.15) is 0 Å². The van der Waals surface area contributed by atoms with Crippen molar-refractivity contribution in [3.63, 3.8) is 0 Å². The molecular formula is Ce2Cr5Mn2O20. The third kappa shape index (κ3) is 1760. The molecule has 0 aromatic heterocycles. The summed E-state index contributed by atoms with van der Waals surface area (Å²) in [4.78, 5) is 0. The summed E-state index contributed by atoms with van der Waals surface area (Å²) in [6.45, 7) is 0. The molecule has 20 nitrogen and oxygen atoms in total. The molecule has 4 radical (unpaired) electrons. The van der Waals surface area contributed by atoms with Gasteiger partial charge in [0.05, 0.1) is 0 Å². The second-order valence-corrected chi connectivity index (χ2v) is 8.42. The Morgan fingerprint density at radius 2 is 0.276 bits per heavy atom. The molecule has 0 N–H and O–H groups in total. The first kappa shape index (κ1) is 58.7. The van der Waals surface area contributed by atoms with Crippen LogP contribution >= 0.6 is 0 Å². The van der Waals surface area contributed by atoms with Gasteiger partial charge >= 0.3 is 265 Å². The van der Waals surface area contributed by atoms with E-state index >= 15 is 0 Å². The molecule has 0 spiro atoms. The minimum atomic E-state index is -5.75. The number of hydrogen-bond acceptors (Lipinski definition) is 20. The van der Waals surface area contributed by atoms with Crippen LogP contribution in [0.15, 0.2) is 0 Å². The van der Waals surface area contributed by atoms with Gasteiger partial charge in [0, 0.05) is 0 Å². The van der Waals surface area contributed by atoms with E-state index in [-0.39, 0.29) is 118 Å². The molecule has 0 unspecified atom stereocenters. The van der Waals surface area contributed by atoms with Gasteiger partial charge < -0.3 is 0 Å². The van der Waals surface area contributed by atoms with Gasteiger partial charge in [-0.2, -0.15) is 0 Å². The fourth-order valence-corrected chi connectivity index (χ4v) is 0. The predicted octanol–water partition coefficient (Wildman–Crippen LogP) is -13.1. The van der Waals surface area contributed by atoms with Crippen LogP contribution < -0.4 is 41.6 Å². The molecule has 0 atom stereocenters. The zero-order valence-corrected chi connectivity index (χ0v) is 27.0. The van der Waals surface area contributed by atoms with Crippen molar-refractivity contribution in [3.05, 3.63) is 0 Å². The average Bonchev–Trinajstić information content (AvgIpc) is 1.79. The van der Waals surface area contributed by atoms with Gasteiger partial charge in [-0.15, -0.1) is 0 Å². The molecular weight excluding hydrogens is 970 g/mol. The van der Waals surface area contributed by atoms with Crippen molar-refractivity contribution in [2.24, 2.45) is 0 Å². The number of rotatable bonds is 0. The van der Waals surface area contributed by atoms with Gasteiger partial charge in [-0.1, -0.05) is 0 Å². The SMILES string of the molecule is [Ce+3].[Ce+3].[Mn+2].[Mn+2].[O]=[Cr](=[O])([O-])[O-].[O]=[Cr](=[O])([O-])[O-].[O]=[Cr](=[O])([O-])[O-].[O]=[Cr](=[O])([O-])[O-].[O]=[Cr](=[O])([O-])[O-]. The first-order valence-corrected chi connectivity index (χ1v) is 13.7. The van der Waals surface area contributed by atoms with E-state index in [0.717, 1.165) is 0 Å². The van der Waals surface area contributed by atoms with Crippen molar-refractivity contribution in [3.8, 4) is 0 Å². The molecule has 0 fully saturated rings. The van der Waals surface area contributed by atoms with Crippen LogP contribution in [0.1, 0.15) is 0 Å². The third-order valence-electron chi connectivity index (χ3n) is 0. The quantitative estimate of drug-likeness (QED) is 0.203. The van der Waals surface area contributed by atoms with Crippen molar-refractivity contribution >= 4 is 0 Å². The van der Waals surface area contributed by atoms with E-state index in [2.05, 4.69) is 0 Å². The van der Waals surface area contributed by atoms with E-state index in [1.54, 1.807) is 0 Å². The summed E-state index contributed by atoms with van der Waals surface area (Å²) in [7, 11) is 0. The Kier molecular flexibility index (Phi) is 54.0. The van der Waals surface area contributed by atoms with Gasteiger partial charge in [0.25, 0.3) is 0 Å². The van der Waals surface area contributed by atoms with Crippen molar-refractivity contribution in [2.45, 2.75) is 0 Å². The Balaban J connectivity index is -0.0000000238. The van der Waals surface area contributed by atoms with Crippen LogP contribution in [-0.4, -0.2) is 0 Å². The van der Waals surface area contributed by atoms with Crippen LogP contribution in [-0.2, 0) is 140 Å². The summed E-state index contributed by atoms with van der Waals surface area (Å²) in [5.41, 5.74) is 0. The zero-order valence-electron chi connectivity index (χ0n) is 12.0. The molecule has 0 aliphatic heterocycles. The van der Waals surface area contributed by atoms with Gasteiger partial charge in [-0.3, -0.25) is 0 Å². The molecule has 0 amide bonds. The monoisotopic (exact) mass is 969 g/mol. The van der Waals surface area contributed by atoms with Gasteiger partial charge in [-0.25, -0.2) is 0 Å². The average molecular weight is 970 g/mol. The molecule has 0 heterocycles. The van der Waals surface area contributed by atoms with Crippen LogP contribution in [0, 0.1) is 83.5 Å². The van der Waals surface area contributed by atoms with E-state index in [1.807, 2.05) is 0 Å². The van der Waals surface area contributed by atoms with Crippen LogP contribution in [0.2, 0.25) is 0 Å². The molecule has 172 valence electrons. The molecule has 0 rings (SSSR count). The van der Waals surface area contributed by atoms with Crippen molar-refractivity contribution in [1.82, 2.24) is 0 Å². The molecule has 0 aromatic carbocycles. The normalized spacial score (nSPS) is 10.0. The van der Waals surface area contributed by atoms with Gasteiger partial charge in [0.2, 0.25) is 0 Å². The summed E-state index contributed by atoms with van der Waals surface area (Å²) in [6, 6.07) is 0. The fraction of sp³-hybridized carbons (Fsp3) is 0. The Labute approximate surface area is 260 Å². The van der Waals surface area contributed by atoms with Crippen LogP contribution in [0.5, 0.6) is 0 Å². The fourth-order valence-electron chi connectivity index (χ4n) is 0.